The normalized spacial score (nSPS) is 18.4. The molecule has 4 amide bonds. The maximum absolute atomic E-state index is 13.5. The number of rotatable bonds is 10. The molecule has 2 aromatic rings. The summed E-state index contributed by atoms with van der Waals surface area (Å²) in [5.74, 6) is -0.223. The van der Waals surface area contributed by atoms with Crippen LogP contribution in [-0.4, -0.2) is 71.4 Å². The number of likely N-dealkylation sites (tertiary alicyclic amines) is 1. The third-order valence-corrected chi connectivity index (χ3v) is 7.91. The molecule has 0 aromatic heterocycles. The number of benzene rings is 2. The number of aryl methyl sites for hydroxylation is 1. The summed E-state index contributed by atoms with van der Waals surface area (Å²) in [6, 6.07) is 16.4. The number of unbranched alkanes of at least 4 members (excludes halogenated alkanes) is 1. The first-order chi connectivity index (χ1) is 19.4. The van der Waals surface area contributed by atoms with Crippen molar-refractivity contribution in [2.45, 2.75) is 70.6 Å². The second kappa shape index (κ2) is 13.5. The summed E-state index contributed by atoms with van der Waals surface area (Å²) in [5.41, 5.74) is 1.60. The van der Waals surface area contributed by atoms with Gasteiger partial charge in [-0.2, -0.15) is 0 Å². The van der Waals surface area contributed by atoms with Crippen molar-refractivity contribution in [3.05, 3.63) is 71.3 Å². The summed E-state index contributed by atoms with van der Waals surface area (Å²) in [7, 11) is 0. The zero-order valence-electron chi connectivity index (χ0n) is 23.5. The molecule has 0 aliphatic carbocycles. The number of amides is 4. The van der Waals surface area contributed by atoms with E-state index in [0.717, 1.165) is 17.5 Å². The Morgan fingerprint density at radius 2 is 1.73 bits per heavy atom. The minimum atomic E-state index is -0.920. The molecule has 1 atom stereocenters. The molecule has 2 heterocycles. The van der Waals surface area contributed by atoms with Gasteiger partial charge in [0.15, 0.2) is 0 Å². The zero-order chi connectivity index (χ0) is 28.5. The fraction of sp³-hybridized carbons (Fsp3) is 0.484. The predicted octanol–water partition coefficient (Wildman–Crippen LogP) is 3.80. The van der Waals surface area contributed by atoms with E-state index in [1.54, 1.807) is 9.80 Å². The molecule has 4 rings (SSSR count). The number of hydrogen-bond donors (Lipinski definition) is 2. The van der Waals surface area contributed by atoms with Crippen LogP contribution in [0.15, 0.2) is 54.6 Å². The van der Waals surface area contributed by atoms with Crippen LogP contribution in [0.3, 0.4) is 0 Å². The minimum Gasteiger partial charge on any atom is -0.445 e. The molecule has 0 bridgehead atoms. The Morgan fingerprint density at radius 1 is 1.02 bits per heavy atom. The van der Waals surface area contributed by atoms with Gasteiger partial charge in [0, 0.05) is 31.7 Å². The van der Waals surface area contributed by atoms with Crippen LogP contribution in [0.2, 0.25) is 0 Å². The largest absolute Gasteiger partial charge is 0.445 e. The summed E-state index contributed by atoms with van der Waals surface area (Å²) in [5, 5.41) is 5.73. The van der Waals surface area contributed by atoms with Crippen LogP contribution >= 0.6 is 0 Å². The average molecular weight is 549 g/mol. The van der Waals surface area contributed by atoms with E-state index in [2.05, 4.69) is 10.6 Å². The molecule has 0 unspecified atom stereocenters. The molecule has 2 saturated heterocycles. The Morgan fingerprint density at radius 3 is 2.42 bits per heavy atom. The first kappa shape index (κ1) is 29.1. The van der Waals surface area contributed by atoms with Gasteiger partial charge in [0.05, 0.1) is 0 Å². The summed E-state index contributed by atoms with van der Waals surface area (Å²) in [6.45, 7) is 5.90. The second-order valence-corrected chi connectivity index (χ2v) is 10.6. The molecule has 2 aromatic carbocycles. The van der Waals surface area contributed by atoms with E-state index in [4.69, 9.17) is 4.74 Å². The van der Waals surface area contributed by atoms with E-state index in [1.165, 1.54) is 0 Å². The van der Waals surface area contributed by atoms with Crippen molar-refractivity contribution >= 4 is 23.8 Å². The van der Waals surface area contributed by atoms with Crippen LogP contribution in [0.5, 0.6) is 0 Å². The molecule has 0 radical (unpaired) electrons. The van der Waals surface area contributed by atoms with Gasteiger partial charge in [0.1, 0.15) is 18.2 Å². The van der Waals surface area contributed by atoms with Gasteiger partial charge in [-0.3, -0.25) is 14.4 Å². The summed E-state index contributed by atoms with van der Waals surface area (Å²) in [4.78, 5) is 55.7. The SMILES string of the molecule is CCCN1C(=O)[C@H](CCCCNC(=O)OCc2ccccc2)NC(=O)C12CCN(C(=O)c1ccccc1C)CC2. The Hall–Kier alpha value is -3.88. The number of carbonyl (C=O) groups is 4. The number of nitrogens with zero attached hydrogens (tertiary/aromatic N) is 2. The van der Waals surface area contributed by atoms with E-state index in [1.807, 2.05) is 68.4 Å². The van der Waals surface area contributed by atoms with Crippen LogP contribution in [-0.2, 0) is 20.9 Å². The van der Waals surface area contributed by atoms with Gasteiger partial charge in [0.2, 0.25) is 11.8 Å². The van der Waals surface area contributed by atoms with Gasteiger partial charge in [0.25, 0.3) is 5.91 Å². The van der Waals surface area contributed by atoms with E-state index in [0.29, 0.717) is 63.8 Å². The lowest BCUT2D eigenvalue weighted by Crippen LogP contribution is -2.73. The van der Waals surface area contributed by atoms with E-state index >= 15 is 0 Å². The first-order valence-electron chi connectivity index (χ1n) is 14.3. The van der Waals surface area contributed by atoms with Crippen LogP contribution in [0.4, 0.5) is 4.79 Å². The van der Waals surface area contributed by atoms with Gasteiger partial charge in [-0.05, 0) is 62.6 Å². The van der Waals surface area contributed by atoms with Gasteiger partial charge in [-0.1, -0.05) is 55.5 Å². The van der Waals surface area contributed by atoms with Gasteiger partial charge >= 0.3 is 6.09 Å². The van der Waals surface area contributed by atoms with Crippen molar-refractivity contribution in [1.82, 2.24) is 20.4 Å². The predicted molar refractivity (Wildman–Crippen MR) is 151 cm³/mol. The van der Waals surface area contributed by atoms with Crippen molar-refractivity contribution in [2.75, 3.05) is 26.2 Å². The van der Waals surface area contributed by atoms with E-state index in [-0.39, 0.29) is 24.3 Å². The summed E-state index contributed by atoms with van der Waals surface area (Å²) < 4.78 is 5.22. The molecule has 0 saturated carbocycles. The van der Waals surface area contributed by atoms with E-state index < -0.39 is 17.7 Å². The van der Waals surface area contributed by atoms with Crippen molar-refractivity contribution in [3.8, 4) is 0 Å². The number of carbonyl (C=O) groups excluding carboxylic acids is 4. The average Bonchev–Trinajstić information content (AvgIpc) is 2.97. The highest BCUT2D eigenvalue weighted by Crippen LogP contribution is 2.34. The monoisotopic (exact) mass is 548 g/mol. The second-order valence-electron chi connectivity index (χ2n) is 10.6. The Bertz CT molecular complexity index is 1190. The van der Waals surface area contributed by atoms with Crippen LogP contribution < -0.4 is 10.6 Å². The fourth-order valence-corrected chi connectivity index (χ4v) is 5.62. The van der Waals surface area contributed by atoms with Crippen molar-refractivity contribution < 1.29 is 23.9 Å². The molecule has 2 fully saturated rings. The molecule has 9 nitrogen and oxygen atoms in total. The lowest BCUT2D eigenvalue weighted by molar-refractivity contribution is -0.161. The zero-order valence-corrected chi connectivity index (χ0v) is 23.5. The molecule has 2 aliphatic rings. The van der Waals surface area contributed by atoms with Crippen molar-refractivity contribution in [1.29, 1.82) is 0 Å². The number of ether oxygens (including phenoxy) is 1. The Kier molecular flexibility index (Phi) is 9.79. The first-order valence-corrected chi connectivity index (χ1v) is 14.3. The smallest absolute Gasteiger partial charge is 0.407 e. The van der Waals surface area contributed by atoms with Crippen LogP contribution in [0.25, 0.3) is 0 Å². The minimum absolute atomic E-state index is 0.0343. The number of piperidine rings is 1. The highest BCUT2D eigenvalue weighted by atomic mass is 16.5. The quantitative estimate of drug-likeness (QED) is 0.439. The molecule has 214 valence electrons. The number of nitrogens with one attached hydrogen (secondary N) is 2. The maximum atomic E-state index is 13.5. The van der Waals surface area contributed by atoms with Gasteiger partial charge in [-0.25, -0.2) is 4.79 Å². The van der Waals surface area contributed by atoms with Crippen LogP contribution in [0.1, 0.15) is 66.9 Å². The number of piperazine rings is 1. The highest BCUT2D eigenvalue weighted by molar-refractivity contribution is 6.00. The lowest BCUT2D eigenvalue weighted by atomic mass is 9.81. The lowest BCUT2D eigenvalue weighted by Gasteiger charge is -2.51. The molecule has 1 spiro atoms. The number of alkyl carbamates (subject to hydrolysis) is 1. The van der Waals surface area contributed by atoms with Gasteiger partial charge in [-0.15, -0.1) is 0 Å². The van der Waals surface area contributed by atoms with Crippen molar-refractivity contribution in [3.63, 3.8) is 0 Å². The number of hydrogen-bond acceptors (Lipinski definition) is 5. The molecule has 9 heteroatoms. The maximum Gasteiger partial charge on any atom is 0.407 e. The third-order valence-electron chi connectivity index (χ3n) is 7.91. The van der Waals surface area contributed by atoms with Crippen LogP contribution in [0, 0.1) is 6.92 Å². The highest BCUT2D eigenvalue weighted by Gasteiger charge is 2.53. The molecule has 2 aliphatic heterocycles. The fourth-order valence-electron chi connectivity index (χ4n) is 5.62. The van der Waals surface area contributed by atoms with Gasteiger partial charge < -0.3 is 25.2 Å². The van der Waals surface area contributed by atoms with Crippen molar-refractivity contribution in [2.24, 2.45) is 0 Å². The molecule has 2 N–H and O–H groups in total. The molecule has 40 heavy (non-hydrogen) atoms. The Balaban J connectivity index is 1.26. The summed E-state index contributed by atoms with van der Waals surface area (Å²) >= 11 is 0. The van der Waals surface area contributed by atoms with E-state index in [9.17, 15) is 19.2 Å². The Labute approximate surface area is 236 Å². The summed E-state index contributed by atoms with van der Waals surface area (Å²) in [6.07, 6.45) is 2.94. The topological polar surface area (TPSA) is 108 Å². The molecular weight excluding hydrogens is 508 g/mol. The third kappa shape index (κ3) is 6.63. The molecular formula is C31H40N4O5. The standard InChI is InChI=1S/C31H40N4O5/c1-3-19-35-28(37)26(15-9-10-18-32-30(39)40-22-24-12-5-4-6-13-24)33-29(38)31(35)16-20-34(21-17-31)27(36)25-14-8-7-11-23(25)2/h4-8,11-14,26H,3,9-10,15-22H2,1-2H3,(H,32,39)(H,33,38)/t26-/m0/s1.